The Kier molecular flexibility index (Phi) is 7.86. The molecule has 0 atom stereocenters. The first-order valence-electron chi connectivity index (χ1n) is 6.98. The number of likely N-dealkylation sites (N-methyl/N-ethyl adjacent to an activating group) is 1. The summed E-state index contributed by atoms with van der Waals surface area (Å²) in [4.78, 5) is 17.6. The Morgan fingerprint density at radius 3 is 2.52 bits per heavy atom. The molecule has 0 unspecified atom stereocenters. The van der Waals surface area contributed by atoms with Crippen LogP contribution in [0.2, 0.25) is 0 Å². The smallest absolute Gasteiger partial charge is 0.246 e. The van der Waals surface area contributed by atoms with Gasteiger partial charge in [-0.2, -0.15) is 0 Å². The monoisotopic (exact) mass is 325 g/mol. The summed E-state index contributed by atoms with van der Waals surface area (Å²) in [5.74, 6) is 0.120. The fraction of sp³-hybridized carbons (Fsp3) is 0.438. The zero-order chi connectivity index (χ0) is 14.4. The first-order valence-corrected chi connectivity index (χ1v) is 8.21. The Hall–Kier alpha value is -0.970. The van der Waals surface area contributed by atoms with Gasteiger partial charge in [-0.1, -0.05) is 12.1 Å². The Morgan fingerprint density at radius 1 is 1.14 bits per heavy atom. The van der Waals surface area contributed by atoms with E-state index in [-0.39, 0.29) is 18.3 Å². The van der Waals surface area contributed by atoms with Gasteiger partial charge in [0.1, 0.15) is 0 Å². The van der Waals surface area contributed by atoms with E-state index in [1.807, 2.05) is 23.1 Å². The minimum Gasteiger partial charge on any atom is -1.00 e. The van der Waals surface area contributed by atoms with Gasteiger partial charge in [-0.05, 0) is 50.0 Å². The fourth-order valence-corrected chi connectivity index (χ4v) is 2.66. The van der Waals surface area contributed by atoms with Crippen LogP contribution in [0.15, 0.2) is 35.2 Å². The number of hydrogen-bond donors (Lipinski definition) is 0. The standard InChI is InChI=1S/C16H22N2OS.ClH/c1-17-10-3-11-18(13-12-17)16(19)9-6-14-4-7-15(20-2)8-5-14;/h4-9H,3,10-13H2,1-2H3;1H/p-1/b9-6+;. The third-order valence-corrected chi connectivity index (χ3v) is 4.31. The molecule has 0 saturated carbocycles. The number of thioether (sulfide) groups is 1. The highest BCUT2D eigenvalue weighted by atomic mass is 35.5. The number of carbonyl (C=O) groups is 1. The van der Waals surface area contributed by atoms with Crippen LogP contribution in [0, 0.1) is 0 Å². The molecule has 1 heterocycles. The number of carbonyl (C=O) groups excluding carboxylic acids is 1. The van der Waals surface area contributed by atoms with Gasteiger partial charge in [-0.15, -0.1) is 11.8 Å². The van der Waals surface area contributed by atoms with Crippen LogP contribution in [0.3, 0.4) is 0 Å². The van der Waals surface area contributed by atoms with Crippen molar-refractivity contribution in [1.29, 1.82) is 0 Å². The van der Waals surface area contributed by atoms with Gasteiger partial charge in [0.05, 0.1) is 0 Å². The average molecular weight is 326 g/mol. The Labute approximate surface area is 137 Å². The first kappa shape index (κ1) is 18.1. The molecule has 1 amide bonds. The van der Waals surface area contributed by atoms with Gasteiger partial charge in [0.25, 0.3) is 0 Å². The highest BCUT2D eigenvalue weighted by Crippen LogP contribution is 2.15. The van der Waals surface area contributed by atoms with Gasteiger partial charge in [0.2, 0.25) is 5.91 Å². The van der Waals surface area contributed by atoms with Crippen LogP contribution in [0.4, 0.5) is 0 Å². The maximum atomic E-state index is 12.2. The fourth-order valence-electron chi connectivity index (χ4n) is 2.25. The van der Waals surface area contributed by atoms with E-state index in [1.165, 1.54) is 4.90 Å². The molecule has 21 heavy (non-hydrogen) atoms. The molecule has 1 aliphatic rings. The minimum atomic E-state index is 0. The lowest BCUT2D eigenvalue weighted by molar-refractivity contribution is -0.125. The summed E-state index contributed by atoms with van der Waals surface area (Å²) in [6.07, 6.45) is 6.71. The Balaban J connectivity index is 0.00000220. The van der Waals surface area contributed by atoms with Crippen molar-refractivity contribution in [2.24, 2.45) is 0 Å². The maximum absolute atomic E-state index is 12.2. The normalized spacial score (nSPS) is 16.6. The zero-order valence-corrected chi connectivity index (χ0v) is 14.2. The third-order valence-electron chi connectivity index (χ3n) is 3.57. The third kappa shape index (κ3) is 5.73. The molecule has 0 bridgehead atoms. The van der Waals surface area contributed by atoms with E-state index >= 15 is 0 Å². The predicted octanol–water partition coefficient (Wildman–Crippen LogP) is -0.410. The number of nitrogens with zero attached hydrogens (tertiary/aromatic N) is 2. The molecule has 2 rings (SSSR count). The lowest BCUT2D eigenvalue weighted by Gasteiger charge is -2.18. The molecule has 0 spiro atoms. The zero-order valence-electron chi connectivity index (χ0n) is 12.6. The minimum absolute atomic E-state index is 0. The van der Waals surface area contributed by atoms with Crippen molar-refractivity contribution in [3.63, 3.8) is 0 Å². The molecule has 3 nitrogen and oxygen atoms in total. The molecule has 116 valence electrons. The maximum Gasteiger partial charge on any atom is 0.246 e. The number of hydrogen-bond acceptors (Lipinski definition) is 3. The van der Waals surface area contributed by atoms with Crippen LogP contribution < -0.4 is 12.4 Å². The molecule has 1 fully saturated rings. The van der Waals surface area contributed by atoms with Crippen molar-refractivity contribution in [3.8, 4) is 0 Å². The largest absolute Gasteiger partial charge is 1.00 e. The lowest BCUT2D eigenvalue weighted by atomic mass is 10.2. The molecule has 1 saturated heterocycles. The summed E-state index contributed by atoms with van der Waals surface area (Å²) in [6, 6.07) is 8.25. The van der Waals surface area contributed by atoms with E-state index in [0.717, 1.165) is 38.2 Å². The van der Waals surface area contributed by atoms with Crippen LogP contribution in [0.5, 0.6) is 0 Å². The second kappa shape index (κ2) is 9.13. The lowest BCUT2D eigenvalue weighted by Crippen LogP contribution is -3.00. The SMILES string of the molecule is CSc1ccc(/C=C/C(=O)N2CCCN(C)CC2)cc1.[Cl-]. The average Bonchev–Trinajstić information content (AvgIpc) is 2.70. The Bertz CT molecular complexity index is 476. The molecule has 1 aromatic rings. The molecule has 0 aliphatic carbocycles. The number of benzene rings is 1. The van der Waals surface area contributed by atoms with Crippen LogP contribution in [0.25, 0.3) is 6.08 Å². The van der Waals surface area contributed by atoms with Gasteiger partial charge < -0.3 is 22.2 Å². The summed E-state index contributed by atoms with van der Waals surface area (Å²) in [7, 11) is 2.11. The van der Waals surface area contributed by atoms with Gasteiger partial charge in [0, 0.05) is 30.6 Å². The van der Waals surface area contributed by atoms with E-state index in [4.69, 9.17) is 0 Å². The van der Waals surface area contributed by atoms with Gasteiger partial charge >= 0.3 is 0 Å². The highest BCUT2D eigenvalue weighted by Gasteiger charge is 2.14. The Morgan fingerprint density at radius 2 is 1.86 bits per heavy atom. The summed E-state index contributed by atoms with van der Waals surface area (Å²) >= 11 is 1.72. The van der Waals surface area contributed by atoms with Crippen LogP contribution in [-0.2, 0) is 4.79 Å². The van der Waals surface area contributed by atoms with Crippen molar-refractivity contribution in [2.75, 3.05) is 39.5 Å². The van der Waals surface area contributed by atoms with E-state index in [1.54, 1.807) is 17.8 Å². The molecule has 0 aromatic heterocycles. The quantitative estimate of drug-likeness (QED) is 0.558. The molecular formula is C16H22ClN2OS-. The topological polar surface area (TPSA) is 23.6 Å². The van der Waals surface area contributed by atoms with Crippen LogP contribution >= 0.6 is 11.8 Å². The number of rotatable bonds is 3. The molecule has 5 heteroatoms. The van der Waals surface area contributed by atoms with Crippen molar-refractivity contribution in [1.82, 2.24) is 9.80 Å². The van der Waals surface area contributed by atoms with E-state index in [2.05, 4.69) is 30.3 Å². The predicted molar refractivity (Wildman–Crippen MR) is 86.0 cm³/mol. The number of halogens is 1. The van der Waals surface area contributed by atoms with Crippen LogP contribution in [-0.4, -0.2) is 55.2 Å². The summed E-state index contributed by atoms with van der Waals surface area (Å²) in [5.41, 5.74) is 1.07. The van der Waals surface area contributed by atoms with Crippen molar-refractivity contribution in [3.05, 3.63) is 35.9 Å². The van der Waals surface area contributed by atoms with Crippen molar-refractivity contribution in [2.45, 2.75) is 11.3 Å². The second-order valence-electron chi connectivity index (χ2n) is 5.09. The van der Waals surface area contributed by atoms with Gasteiger partial charge in [-0.25, -0.2) is 0 Å². The summed E-state index contributed by atoms with van der Waals surface area (Å²) < 4.78 is 0. The summed E-state index contributed by atoms with van der Waals surface area (Å²) in [5, 5.41) is 0. The van der Waals surface area contributed by atoms with E-state index in [0.29, 0.717) is 0 Å². The second-order valence-corrected chi connectivity index (χ2v) is 5.97. The first-order chi connectivity index (χ1) is 9.69. The summed E-state index contributed by atoms with van der Waals surface area (Å²) in [6.45, 7) is 3.72. The van der Waals surface area contributed by atoms with E-state index in [9.17, 15) is 4.79 Å². The molecular weight excluding hydrogens is 304 g/mol. The van der Waals surface area contributed by atoms with Crippen molar-refractivity contribution >= 4 is 23.7 Å². The molecule has 0 N–H and O–H groups in total. The molecule has 0 radical (unpaired) electrons. The van der Waals surface area contributed by atoms with E-state index < -0.39 is 0 Å². The van der Waals surface area contributed by atoms with Gasteiger partial charge in [0.15, 0.2) is 0 Å². The number of amides is 1. The van der Waals surface area contributed by atoms with Crippen LogP contribution in [0.1, 0.15) is 12.0 Å². The molecule has 1 aliphatic heterocycles. The molecule has 1 aromatic carbocycles. The van der Waals surface area contributed by atoms with Gasteiger partial charge in [-0.3, -0.25) is 4.79 Å². The van der Waals surface area contributed by atoms with Crippen molar-refractivity contribution < 1.29 is 17.2 Å². The highest BCUT2D eigenvalue weighted by molar-refractivity contribution is 7.98.